The highest BCUT2D eigenvalue weighted by Crippen LogP contribution is 2.10. The Kier molecular flexibility index (Phi) is 4.85. The van der Waals surface area contributed by atoms with E-state index in [4.69, 9.17) is 0 Å². The van der Waals surface area contributed by atoms with Crippen molar-refractivity contribution < 1.29 is 4.79 Å². The van der Waals surface area contributed by atoms with E-state index in [0.29, 0.717) is 0 Å². The number of halogens is 1. The predicted molar refractivity (Wildman–Crippen MR) is 100 cm³/mol. The first kappa shape index (κ1) is 17.8. The minimum absolute atomic E-state index is 0.125. The van der Waals surface area contributed by atoms with Crippen molar-refractivity contribution in [1.29, 1.82) is 0 Å². The minimum Gasteiger partial charge on any atom is -0.307 e. The molecule has 0 saturated heterocycles. The fourth-order valence-electron chi connectivity index (χ4n) is 2.51. The van der Waals surface area contributed by atoms with Gasteiger partial charge in [-0.15, -0.1) is 0 Å². The van der Waals surface area contributed by atoms with Gasteiger partial charge in [-0.1, -0.05) is 28.1 Å². The summed E-state index contributed by atoms with van der Waals surface area (Å²) in [5, 5.41) is 3.90. The molecule has 3 rings (SSSR count). The fourth-order valence-corrected chi connectivity index (χ4v) is 2.93. The summed E-state index contributed by atoms with van der Waals surface area (Å²) in [6, 6.07) is 7.43. The van der Waals surface area contributed by atoms with Gasteiger partial charge in [0.15, 0.2) is 5.52 Å². The third kappa shape index (κ3) is 3.36. The molecule has 1 N–H and O–H groups in total. The van der Waals surface area contributed by atoms with Crippen LogP contribution in [0, 0.1) is 0 Å². The largest absolute Gasteiger partial charge is 0.332 e. The van der Waals surface area contributed by atoms with Crippen LogP contribution in [-0.4, -0.2) is 30.8 Å². The summed E-state index contributed by atoms with van der Waals surface area (Å²) in [4.78, 5) is 40.3. The molecule has 0 unspecified atom stereocenters. The summed E-state index contributed by atoms with van der Waals surface area (Å²) in [5.41, 5.74) is 2.64. The Balaban J connectivity index is 1.80. The van der Waals surface area contributed by atoms with Gasteiger partial charge in [0.1, 0.15) is 12.2 Å². The van der Waals surface area contributed by atoms with Crippen LogP contribution < -0.4 is 16.7 Å². The Labute approximate surface area is 155 Å². The number of nitrogens with zero attached hydrogens (tertiary/aromatic N) is 5. The molecule has 1 aromatic carbocycles. The third-order valence-electron chi connectivity index (χ3n) is 3.77. The van der Waals surface area contributed by atoms with Crippen LogP contribution in [0.2, 0.25) is 0 Å². The summed E-state index contributed by atoms with van der Waals surface area (Å²) >= 11 is 3.35. The van der Waals surface area contributed by atoms with E-state index in [-0.39, 0.29) is 17.7 Å². The van der Waals surface area contributed by atoms with Crippen LogP contribution in [0.5, 0.6) is 0 Å². The van der Waals surface area contributed by atoms with Gasteiger partial charge in [-0.3, -0.25) is 18.7 Å². The lowest BCUT2D eigenvalue weighted by molar-refractivity contribution is -0.121. The van der Waals surface area contributed by atoms with Crippen LogP contribution in [0.1, 0.15) is 5.56 Å². The molecule has 0 aliphatic heterocycles. The number of rotatable bonds is 4. The zero-order chi connectivity index (χ0) is 18.8. The second-order valence-electron chi connectivity index (χ2n) is 5.60. The van der Waals surface area contributed by atoms with Crippen molar-refractivity contribution in [2.24, 2.45) is 19.2 Å². The predicted octanol–water partition coefficient (Wildman–Crippen LogP) is 0.347. The zero-order valence-electron chi connectivity index (χ0n) is 14.0. The topological polar surface area (TPSA) is 103 Å². The maximum atomic E-state index is 12.1. The second-order valence-corrected chi connectivity index (χ2v) is 6.51. The maximum absolute atomic E-state index is 12.1. The lowest BCUT2D eigenvalue weighted by Crippen LogP contribution is -2.37. The first-order valence-electron chi connectivity index (χ1n) is 7.57. The SMILES string of the molecule is Cn1c(=O)c2ncn(CC(=O)N/N=C\c3cccc(Br)c3)c2n(C)c1=O. The Bertz CT molecular complexity index is 1140. The van der Waals surface area contributed by atoms with E-state index in [9.17, 15) is 14.4 Å². The van der Waals surface area contributed by atoms with Gasteiger partial charge in [0.05, 0.1) is 12.5 Å². The highest BCUT2D eigenvalue weighted by Gasteiger charge is 2.15. The van der Waals surface area contributed by atoms with Gasteiger partial charge < -0.3 is 4.57 Å². The van der Waals surface area contributed by atoms with Crippen LogP contribution in [0.15, 0.2) is 49.8 Å². The van der Waals surface area contributed by atoms with Crippen molar-refractivity contribution in [2.75, 3.05) is 0 Å². The fraction of sp³-hybridized carbons (Fsp3) is 0.188. The Morgan fingerprint density at radius 3 is 2.81 bits per heavy atom. The first-order chi connectivity index (χ1) is 12.4. The summed E-state index contributed by atoms with van der Waals surface area (Å²) < 4.78 is 4.59. The third-order valence-corrected chi connectivity index (χ3v) is 4.27. The molecular formula is C16H15BrN6O3. The Morgan fingerprint density at radius 2 is 2.08 bits per heavy atom. The molecule has 0 atom stereocenters. The van der Waals surface area contributed by atoms with E-state index in [1.165, 1.54) is 35.8 Å². The van der Waals surface area contributed by atoms with Crippen molar-refractivity contribution in [2.45, 2.75) is 6.54 Å². The van der Waals surface area contributed by atoms with E-state index in [1.807, 2.05) is 24.3 Å². The summed E-state index contributed by atoms with van der Waals surface area (Å²) in [6.45, 7) is -0.132. The van der Waals surface area contributed by atoms with Crippen LogP contribution >= 0.6 is 15.9 Å². The number of carbonyl (C=O) groups excluding carboxylic acids is 1. The number of nitrogens with one attached hydrogen (secondary N) is 1. The molecule has 0 bridgehead atoms. The highest BCUT2D eigenvalue weighted by molar-refractivity contribution is 9.10. The average molecular weight is 419 g/mol. The number of hydrogen-bond donors (Lipinski definition) is 1. The second kappa shape index (κ2) is 7.08. The van der Waals surface area contributed by atoms with E-state index in [0.717, 1.165) is 14.6 Å². The van der Waals surface area contributed by atoms with E-state index in [1.54, 1.807) is 0 Å². The van der Waals surface area contributed by atoms with Crippen LogP contribution in [0.3, 0.4) is 0 Å². The molecule has 134 valence electrons. The van der Waals surface area contributed by atoms with Crippen molar-refractivity contribution >= 4 is 39.2 Å². The molecule has 0 fully saturated rings. The molecule has 0 radical (unpaired) electrons. The van der Waals surface area contributed by atoms with Gasteiger partial charge in [-0.05, 0) is 17.7 Å². The van der Waals surface area contributed by atoms with E-state index < -0.39 is 17.2 Å². The molecule has 0 aliphatic carbocycles. The smallest absolute Gasteiger partial charge is 0.307 e. The standard InChI is InChI=1S/C16H15BrN6O3/c1-21-14-13(15(25)22(2)16(21)26)18-9-23(14)8-12(24)20-19-7-10-4-3-5-11(17)6-10/h3-7,9H,8H2,1-2H3,(H,20,24)/b19-7-. The van der Waals surface area contributed by atoms with Crippen molar-refractivity contribution in [3.8, 4) is 0 Å². The number of hydrogen-bond acceptors (Lipinski definition) is 5. The minimum atomic E-state index is -0.505. The lowest BCUT2D eigenvalue weighted by Gasteiger charge is -2.07. The average Bonchev–Trinajstić information content (AvgIpc) is 3.02. The van der Waals surface area contributed by atoms with Gasteiger partial charge in [0.25, 0.3) is 11.5 Å². The van der Waals surface area contributed by atoms with Crippen molar-refractivity contribution in [3.63, 3.8) is 0 Å². The van der Waals surface area contributed by atoms with Crippen LogP contribution in [0.25, 0.3) is 11.2 Å². The molecule has 2 heterocycles. The summed E-state index contributed by atoms with van der Waals surface area (Å²) in [5.74, 6) is -0.413. The van der Waals surface area contributed by atoms with Gasteiger partial charge >= 0.3 is 5.69 Å². The number of amides is 1. The van der Waals surface area contributed by atoms with Gasteiger partial charge in [0.2, 0.25) is 0 Å². The molecule has 0 saturated carbocycles. The van der Waals surface area contributed by atoms with Gasteiger partial charge in [0, 0.05) is 18.6 Å². The van der Waals surface area contributed by atoms with E-state index in [2.05, 4.69) is 31.4 Å². The quantitative estimate of drug-likeness (QED) is 0.487. The van der Waals surface area contributed by atoms with Gasteiger partial charge in [-0.2, -0.15) is 5.10 Å². The number of hydrazone groups is 1. The van der Waals surface area contributed by atoms with Crippen LogP contribution in [0.4, 0.5) is 0 Å². The van der Waals surface area contributed by atoms with Gasteiger partial charge in [-0.25, -0.2) is 15.2 Å². The molecular weight excluding hydrogens is 404 g/mol. The highest BCUT2D eigenvalue weighted by atomic mass is 79.9. The maximum Gasteiger partial charge on any atom is 0.332 e. The number of fused-ring (bicyclic) bond motifs is 1. The number of aromatic nitrogens is 4. The normalized spacial score (nSPS) is 11.3. The Hall–Kier alpha value is -3.01. The Morgan fingerprint density at radius 1 is 1.31 bits per heavy atom. The molecule has 0 aliphatic rings. The number of benzene rings is 1. The molecule has 9 nitrogen and oxygen atoms in total. The molecule has 0 spiro atoms. The molecule has 3 aromatic rings. The van der Waals surface area contributed by atoms with Crippen molar-refractivity contribution in [1.82, 2.24) is 24.1 Å². The molecule has 10 heteroatoms. The number of carbonyl (C=O) groups is 1. The number of aryl methyl sites for hydroxylation is 1. The van der Waals surface area contributed by atoms with Crippen molar-refractivity contribution in [3.05, 3.63) is 61.5 Å². The number of imidazole rings is 1. The van der Waals surface area contributed by atoms with Crippen LogP contribution in [-0.2, 0) is 25.4 Å². The lowest BCUT2D eigenvalue weighted by atomic mass is 10.2. The van der Waals surface area contributed by atoms with E-state index >= 15 is 0 Å². The molecule has 26 heavy (non-hydrogen) atoms. The summed E-state index contributed by atoms with van der Waals surface area (Å²) in [7, 11) is 2.90. The summed E-state index contributed by atoms with van der Waals surface area (Å²) in [6.07, 6.45) is 2.86. The first-order valence-corrected chi connectivity index (χ1v) is 8.36. The molecule has 2 aromatic heterocycles. The monoisotopic (exact) mass is 418 g/mol. The zero-order valence-corrected chi connectivity index (χ0v) is 15.6. The molecule has 1 amide bonds.